The Kier molecular flexibility index (Phi) is 3.23. The van der Waals surface area contributed by atoms with Crippen molar-refractivity contribution < 1.29 is 9.59 Å². The first kappa shape index (κ1) is 11.8. The maximum atomic E-state index is 11.7. The third-order valence-corrected chi connectivity index (χ3v) is 3.04. The average molecular weight is 236 g/mol. The van der Waals surface area contributed by atoms with E-state index in [1.165, 1.54) is 4.90 Å². The Morgan fingerprint density at radius 3 is 2.88 bits per heavy atom. The highest BCUT2D eigenvalue weighted by atomic mass is 16.2. The van der Waals surface area contributed by atoms with E-state index in [0.29, 0.717) is 25.9 Å². The maximum absolute atomic E-state index is 11.7. The molecular weight excluding hydrogens is 220 g/mol. The molecule has 0 radical (unpaired) electrons. The van der Waals surface area contributed by atoms with Crippen molar-refractivity contribution in [1.82, 2.24) is 14.5 Å². The molecule has 0 aliphatic carbocycles. The number of hydrogen-bond acceptors (Lipinski definition) is 4. The Labute approximate surface area is 99.4 Å². The van der Waals surface area contributed by atoms with E-state index in [0.717, 1.165) is 5.82 Å². The monoisotopic (exact) mass is 236 g/mol. The predicted octanol–water partition coefficient (Wildman–Crippen LogP) is -0.332. The fraction of sp³-hybridized carbons (Fsp3) is 0.545. The van der Waals surface area contributed by atoms with E-state index in [9.17, 15) is 9.59 Å². The number of likely N-dealkylation sites (tertiary alicyclic amines) is 1. The van der Waals surface area contributed by atoms with Gasteiger partial charge in [-0.25, -0.2) is 4.98 Å². The topological polar surface area (TPSA) is 81.2 Å². The van der Waals surface area contributed by atoms with Crippen LogP contribution < -0.4 is 5.73 Å². The number of nitrogens with two attached hydrogens (primary N) is 1. The Hall–Kier alpha value is -1.69. The summed E-state index contributed by atoms with van der Waals surface area (Å²) in [6.07, 6.45) is 4.34. The third kappa shape index (κ3) is 2.36. The van der Waals surface area contributed by atoms with Gasteiger partial charge in [0.2, 0.25) is 11.8 Å². The minimum atomic E-state index is -0.531. The third-order valence-electron chi connectivity index (χ3n) is 3.04. The second kappa shape index (κ2) is 4.67. The number of aromatic nitrogens is 2. The van der Waals surface area contributed by atoms with Gasteiger partial charge in [0.05, 0.1) is 6.04 Å². The summed E-state index contributed by atoms with van der Waals surface area (Å²) < 4.78 is 1.90. The zero-order valence-electron chi connectivity index (χ0n) is 9.80. The van der Waals surface area contributed by atoms with Gasteiger partial charge >= 0.3 is 0 Å². The van der Waals surface area contributed by atoms with Crippen LogP contribution in [0.2, 0.25) is 0 Å². The van der Waals surface area contributed by atoms with Crippen LogP contribution in [0.1, 0.15) is 18.7 Å². The molecule has 0 spiro atoms. The second-order valence-corrected chi connectivity index (χ2v) is 4.20. The van der Waals surface area contributed by atoms with Crippen LogP contribution in [0.5, 0.6) is 0 Å². The number of hydrogen-bond donors (Lipinski definition) is 1. The predicted molar refractivity (Wildman–Crippen MR) is 60.9 cm³/mol. The van der Waals surface area contributed by atoms with Gasteiger partial charge in [-0.15, -0.1) is 0 Å². The van der Waals surface area contributed by atoms with Gasteiger partial charge in [-0.1, -0.05) is 0 Å². The molecule has 2 amide bonds. The number of carbonyl (C=O) groups excluding carboxylic acids is 2. The quantitative estimate of drug-likeness (QED) is 0.728. The van der Waals surface area contributed by atoms with Gasteiger partial charge in [0, 0.05) is 31.9 Å². The Bertz CT molecular complexity index is 440. The SMILES string of the molecule is Cc1nccn1CCN1C(=O)CCC(N)C1=O. The smallest absolute Gasteiger partial charge is 0.246 e. The number of imidazole rings is 1. The van der Waals surface area contributed by atoms with E-state index >= 15 is 0 Å². The Balaban J connectivity index is 2.00. The molecular formula is C11H16N4O2. The molecule has 2 rings (SSSR count). The van der Waals surface area contributed by atoms with Crippen LogP contribution in [-0.4, -0.2) is 38.9 Å². The van der Waals surface area contributed by atoms with E-state index in [1.807, 2.05) is 17.7 Å². The number of imide groups is 1. The molecule has 1 fully saturated rings. The zero-order chi connectivity index (χ0) is 12.4. The lowest BCUT2D eigenvalue weighted by molar-refractivity contribution is -0.149. The van der Waals surface area contributed by atoms with Crippen LogP contribution in [0.15, 0.2) is 12.4 Å². The summed E-state index contributed by atoms with van der Waals surface area (Å²) in [5.41, 5.74) is 5.65. The van der Waals surface area contributed by atoms with Gasteiger partial charge in [0.1, 0.15) is 5.82 Å². The zero-order valence-corrected chi connectivity index (χ0v) is 9.80. The molecule has 0 aromatic carbocycles. The van der Waals surface area contributed by atoms with Crippen LogP contribution in [0, 0.1) is 6.92 Å². The standard InChI is InChI=1S/C11H16N4O2/c1-8-13-4-5-14(8)6-7-15-10(16)3-2-9(12)11(15)17/h4-5,9H,2-3,6-7,12H2,1H3. The maximum Gasteiger partial charge on any atom is 0.246 e. The van der Waals surface area contributed by atoms with Crippen LogP contribution >= 0.6 is 0 Å². The fourth-order valence-corrected chi connectivity index (χ4v) is 1.94. The molecule has 0 bridgehead atoms. The summed E-state index contributed by atoms with van der Waals surface area (Å²) in [7, 11) is 0. The molecule has 1 unspecified atom stereocenters. The Morgan fingerprint density at radius 1 is 1.47 bits per heavy atom. The van der Waals surface area contributed by atoms with Gasteiger partial charge in [-0.05, 0) is 13.3 Å². The molecule has 1 atom stereocenters. The molecule has 6 heteroatoms. The number of carbonyl (C=O) groups is 2. The minimum Gasteiger partial charge on any atom is -0.333 e. The molecule has 0 saturated carbocycles. The van der Waals surface area contributed by atoms with Crippen LogP contribution in [0.3, 0.4) is 0 Å². The van der Waals surface area contributed by atoms with Gasteiger partial charge < -0.3 is 10.3 Å². The van der Waals surface area contributed by atoms with Crippen LogP contribution in [0.25, 0.3) is 0 Å². The van der Waals surface area contributed by atoms with Crippen molar-refractivity contribution >= 4 is 11.8 Å². The van der Waals surface area contributed by atoms with E-state index in [2.05, 4.69) is 4.98 Å². The van der Waals surface area contributed by atoms with Crippen molar-refractivity contribution in [3.05, 3.63) is 18.2 Å². The van der Waals surface area contributed by atoms with Gasteiger partial charge in [0.15, 0.2) is 0 Å². The van der Waals surface area contributed by atoms with Crippen LogP contribution in [-0.2, 0) is 16.1 Å². The van der Waals surface area contributed by atoms with Crippen molar-refractivity contribution in [3.63, 3.8) is 0 Å². The number of aryl methyl sites for hydroxylation is 1. The molecule has 2 heterocycles. The van der Waals surface area contributed by atoms with Gasteiger partial charge in [0.25, 0.3) is 0 Å². The van der Waals surface area contributed by atoms with Crippen LogP contribution in [0.4, 0.5) is 0 Å². The number of amides is 2. The summed E-state index contributed by atoms with van der Waals surface area (Å²) in [4.78, 5) is 28.7. The molecule has 1 aliphatic heterocycles. The first-order chi connectivity index (χ1) is 8.09. The highest BCUT2D eigenvalue weighted by molar-refractivity contribution is 6.00. The van der Waals surface area contributed by atoms with E-state index < -0.39 is 6.04 Å². The van der Waals surface area contributed by atoms with Gasteiger partial charge in [-0.3, -0.25) is 14.5 Å². The molecule has 6 nitrogen and oxygen atoms in total. The normalized spacial score (nSPS) is 21.1. The summed E-state index contributed by atoms with van der Waals surface area (Å²) in [5, 5.41) is 0. The molecule has 1 aromatic heterocycles. The summed E-state index contributed by atoms with van der Waals surface area (Å²) in [5.74, 6) is 0.472. The molecule has 17 heavy (non-hydrogen) atoms. The highest BCUT2D eigenvalue weighted by Crippen LogP contribution is 2.11. The highest BCUT2D eigenvalue weighted by Gasteiger charge is 2.31. The lowest BCUT2D eigenvalue weighted by Gasteiger charge is -2.28. The molecule has 1 aliphatic rings. The van der Waals surface area contributed by atoms with Crippen molar-refractivity contribution in [2.45, 2.75) is 32.4 Å². The number of piperidine rings is 1. The Morgan fingerprint density at radius 2 is 2.24 bits per heavy atom. The van der Waals surface area contributed by atoms with Crippen molar-refractivity contribution in [3.8, 4) is 0 Å². The van der Waals surface area contributed by atoms with E-state index in [1.54, 1.807) is 6.20 Å². The largest absolute Gasteiger partial charge is 0.333 e. The first-order valence-corrected chi connectivity index (χ1v) is 5.67. The summed E-state index contributed by atoms with van der Waals surface area (Å²) in [6.45, 7) is 2.81. The van der Waals surface area contributed by atoms with Crippen molar-refractivity contribution in [2.24, 2.45) is 5.73 Å². The van der Waals surface area contributed by atoms with Crippen molar-refractivity contribution in [2.75, 3.05) is 6.54 Å². The van der Waals surface area contributed by atoms with Gasteiger partial charge in [-0.2, -0.15) is 0 Å². The molecule has 1 saturated heterocycles. The van der Waals surface area contributed by atoms with E-state index in [-0.39, 0.29) is 11.8 Å². The lowest BCUT2D eigenvalue weighted by Crippen LogP contribution is -2.52. The summed E-state index contributed by atoms with van der Waals surface area (Å²) in [6, 6.07) is -0.531. The molecule has 92 valence electrons. The average Bonchev–Trinajstić information content (AvgIpc) is 2.70. The lowest BCUT2D eigenvalue weighted by atomic mass is 10.1. The summed E-state index contributed by atoms with van der Waals surface area (Å²) >= 11 is 0. The first-order valence-electron chi connectivity index (χ1n) is 5.67. The van der Waals surface area contributed by atoms with Crippen molar-refractivity contribution in [1.29, 1.82) is 0 Å². The molecule has 1 aromatic rings. The number of rotatable bonds is 3. The fourth-order valence-electron chi connectivity index (χ4n) is 1.94. The van der Waals surface area contributed by atoms with E-state index in [4.69, 9.17) is 5.73 Å². The second-order valence-electron chi connectivity index (χ2n) is 4.20. The minimum absolute atomic E-state index is 0.130. The molecule has 2 N–H and O–H groups in total. The number of nitrogens with zero attached hydrogens (tertiary/aromatic N) is 3.